The first-order valence-electron chi connectivity index (χ1n) is 6.13. The summed E-state index contributed by atoms with van der Waals surface area (Å²) in [7, 11) is 0. The van der Waals surface area contributed by atoms with Gasteiger partial charge in [0.25, 0.3) is 0 Å². The zero-order valence-corrected chi connectivity index (χ0v) is 11.3. The van der Waals surface area contributed by atoms with Gasteiger partial charge in [-0.3, -0.25) is 0 Å². The fourth-order valence-electron chi connectivity index (χ4n) is 1.34. The van der Waals surface area contributed by atoms with Gasteiger partial charge in [-0.25, -0.2) is 0 Å². The molecule has 3 heteroatoms. The van der Waals surface area contributed by atoms with Crippen molar-refractivity contribution in [2.24, 2.45) is 11.1 Å². The highest BCUT2D eigenvalue weighted by Gasteiger charge is 2.14. The van der Waals surface area contributed by atoms with Gasteiger partial charge in [-0.05, 0) is 50.1 Å². The molecule has 0 saturated carbocycles. The third-order valence-corrected chi connectivity index (χ3v) is 2.55. The van der Waals surface area contributed by atoms with Gasteiger partial charge < -0.3 is 15.8 Å². The van der Waals surface area contributed by atoms with E-state index in [1.165, 1.54) is 0 Å². The lowest BCUT2D eigenvalue weighted by atomic mass is 9.94. The Bertz CT molecular complexity index is 331. The van der Waals surface area contributed by atoms with E-state index in [2.05, 4.69) is 19.2 Å². The SMILES string of the molecule is CC(C)Oc1ccc(NCC(C)(C)CN)cc1. The zero-order chi connectivity index (χ0) is 12.9. The van der Waals surface area contributed by atoms with Gasteiger partial charge in [-0.2, -0.15) is 0 Å². The number of anilines is 1. The molecule has 0 heterocycles. The molecule has 0 radical (unpaired) electrons. The first kappa shape index (κ1) is 13.8. The van der Waals surface area contributed by atoms with Crippen molar-refractivity contribution in [3.05, 3.63) is 24.3 Å². The molecule has 1 aromatic rings. The molecule has 0 spiro atoms. The summed E-state index contributed by atoms with van der Waals surface area (Å²) in [6.45, 7) is 9.89. The Hall–Kier alpha value is -1.22. The average molecular weight is 236 g/mol. The van der Waals surface area contributed by atoms with E-state index in [9.17, 15) is 0 Å². The Kier molecular flexibility index (Phi) is 4.82. The largest absolute Gasteiger partial charge is 0.491 e. The van der Waals surface area contributed by atoms with Crippen LogP contribution in [-0.4, -0.2) is 19.2 Å². The number of rotatable bonds is 6. The van der Waals surface area contributed by atoms with Crippen LogP contribution >= 0.6 is 0 Å². The second-order valence-corrected chi connectivity index (χ2v) is 5.41. The smallest absolute Gasteiger partial charge is 0.119 e. The van der Waals surface area contributed by atoms with Crippen LogP contribution in [0.2, 0.25) is 0 Å². The molecule has 3 N–H and O–H groups in total. The fourth-order valence-corrected chi connectivity index (χ4v) is 1.34. The molecule has 0 aliphatic rings. The minimum absolute atomic E-state index is 0.118. The summed E-state index contributed by atoms with van der Waals surface area (Å²) in [6, 6.07) is 8.03. The first-order chi connectivity index (χ1) is 7.93. The van der Waals surface area contributed by atoms with Crippen molar-refractivity contribution >= 4 is 5.69 Å². The van der Waals surface area contributed by atoms with E-state index in [-0.39, 0.29) is 11.5 Å². The Labute approximate surface area is 104 Å². The predicted octanol–water partition coefficient (Wildman–Crippen LogP) is 2.87. The summed E-state index contributed by atoms with van der Waals surface area (Å²) in [4.78, 5) is 0. The maximum absolute atomic E-state index is 5.69. The second-order valence-electron chi connectivity index (χ2n) is 5.41. The Morgan fingerprint density at radius 2 is 1.82 bits per heavy atom. The Morgan fingerprint density at radius 3 is 2.29 bits per heavy atom. The standard InChI is InChI=1S/C14H24N2O/c1-11(2)17-13-7-5-12(6-8-13)16-10-14(3,4)9-15/h5-8,11,16H,9-10,15H2,1-4H3. The van der Waals surface area contributed by atoms with Crippen LogP contribution < -0.4 is 15.8 Å². The van der Waals surface area contributed by atoms with Crippen molar-refractivity contribution in [2.45, 2.75) is 33.8 Å². The molecule has 3 nitrogen and oxygen atoms in total. The molecule has 1 aromatic carbocycles. The van der Waals surface area contributed by atoms with Crippen molar-refractivity contribution in [1.29, 1.82) is 0 Å². The molecule has 0 atom stereocenters. The molecule has 0 aliphatic carbocycles. The summed E-state index contributed by atoms with van der Waals surface area (Å²) in [5, 5.41) is 3.38. The van der Waals surface area contributed by atoms with E-state index >= 15 is 0 Å². The van der Waals surface area contributed by atoms with Gasteiger partial charge in [-0.1, -0.05) is 13.8 Å². The average Bonchev–Trinajstić information content (AvgIpc) is 2.28. The molecule has 0 saturated heterocycles. The zero-order valence-electron chi connectivity index (χ0n) is 11.3. The van der Waals surface area contributed by atoms with Crippen LogP contribution in [0.1, 0.15) is 27.7 Å². The number of nitrogens with two attached hydrogens (primary N) is 1. The summed E-state index contributed by atoms with van der Waals surface area (Å²) in [6.07, 6.45) is 0.213. The molecule has 17 heavy (non-hydrogen) atoms. The third-order valence-electron chi connectivity index (χ3n) is 2.55. The van der Waals surface area contributed by atoms with E-state index in [1.54, 1.807) is 0 Å². The van der Waals surface area contributed by atoms with Gasteiger partial charge in [0.1, 0.15) is 5.75 Å². The number of ether oxygens (including phenoxy) is 1. The maximum Gasteiger partial charge on any atom is 0.119 e. The van der Waals surface area contributed by atoms with Crippen molar-refractivity contribution in [3.63, 3.8) is 0 Å². The van der Waals surface area contributed by atoms with E-state index < -0.39 is 0 Å². The number of hydrogen-bond acceptors (Lipinski definition) is 3. The minimum atomic E-state index is 0.118. The van der Waals surface area contributed by atoms with E-state index in [0.29, 0.717) is 6.54 Å². The van der Waals surface area contributed by atoms with Crippen LogP contribution in [0.15, 0.2) is 24.3 Å². The van der Waals surface area contributed by atoms with Crippen molar-refractivity contribution in [2.75, 3.05) is 18.4 Å². The quantitative estimate of drug-likeness (QED) is 0.798. The van der Waals surface area contributed by atoms with Crippen molar-refractivity contribution in [3.8, 4) is 5.75 Å². The molecule has 0 aromatic heterocycles. The monoisotopic (exact) mass is 236 g/mol. The van der Waals surface area contributed by atoms with Crippen molar-refractivity contribution < 1.29 is 4.74 Å². The summed E-state index contributed by atoms with van der Waals surface area (Å²) < 4.78 is 5.59. The van der Waals surface area contributed by atoms with Crippen LogP contribution in [0.5, 0.6) is 5.75 Å². The lowest BCUT2D eigenvalue weighted by Gasteiger charge is -2.23. The van der Waals surface area contributed by atoms with Gasteiger partial charge in [0.15, 0.2) is 0 Å². The summed E-state index contributed by atoms with van der Waals surface area (Å²) in [5.74, 6) is 0.906. The highest BCUT2D eigenvalue weighted by Crippen LogP contribution is 2.19. The van der Waals surface area contributed by atoms with E-state index in [4.69, 9.17) is 10.5 Å². The Morgan fingerprint density at radius 1 is 1.24 bits per heavy atom. The number of nitrogens with one attached hydrogen (secondary N) is 1. The van der Waals surface area contributed by atoms with Crippen LogP contribution in [0.4, 0.5) is 5.69 Å². The molecule has 0 fully saturated rings. The van der Waals surface area contributed by atoms with Gasteiger partial charge in [0, 0.05) is 12.2 Å². The van der Waals surface area contributed by atoms with Crippen LogP contribution in [-0.2, 0) is 0 Å². The predicted molar refractivity (Wildman–Crippen MR) is 73.5 cm³/mol. The van der Waals surface area contributed by atoms with Gasteiger partial charge in [-0.15, -0.1) is 0 Å². The highest BCUT2D eigenvalue weighted by molar-refractivity contribution is 5.46. The maximum atomic E-state index is 5.69. The van der Waals surface area contributed by atoms with Gasteiger partial charge in [0.05, 0.1) is 6.10 Å². The third kappa shape index (κ3) is 5.09. The van der Waals surface area contributed by atoms with Gasteiger partial charge in [0.2, 0.25) is 0 Å². The molecule has 0 bridgehead atoms. The lowest BCUT2D eigenvalue weighted by molar-refractivity contribution is 0.242. The summed E-state index contributed by atoms with van der Waals surface area (Å²) >= 11 is 0. The highest BCUT2D eigenvalue weighted by atomic mass is 16.5. The first-order valence-corrected chi connectivity index (χ1v) is 6.13. The topological polar surface area (TPSA) is 47.3 Å². The van der Waals surface area contributed by atoms with Gasteiger partial charge >= 0.3 is 0 Å². The minimum Gasteiger partial charge on any atom is -0.491 e. The molecular formula is C14H24N2O. The fraction of sp³-hybridized carbons (Fsp3) is 0.571. The molecule has 0 unspecified atom stereocenters. The molecule has 1 rings (SSSR count). The van der Waals surface area contributed by atoms with Crippen molar-refractivity contribution in [1.82, 2.24) is 0 Å². The normalized spacial score (nSPS) is 11.6. The Balaban J connectivity index is 2.51. The summed E-state index contributed by atoms with van der Waals surface area (Å²) in [5.41, 5.74) is 6.91. The molecule has 0 amide bonds. The molecular weight excluding hydrogens is 212 g/mol. The van der Waals surface area contributed by atoms with Crippen LogP contribution in [0.3, 0.4) is 0 Å². The molecule has 96 valence electrons. The lowest BCUT2D eigenvalue weighted by Crippen LogP contribution is -2.31. The van der Waals surface area contributed by atoms with Crippen LogP contribution in [0.25, 0.3) is 0 Å². The number of hydrogen-bond donors (Lipinski definition) is 2. The van der Waals surface area contributed by atoms with Crippen LogP contribution in [0, 0.1) is 5.41 Å². The number of benzene rings is 1. The van der Waals surface area contributed by atoms with E-state index in [0.717, 1.165) is 18.0 Å². The molecule has 0 aliphatic heterocycles. The van der Waals surface area contributed by atoms with E-state index in [1.807, 2.05) is 38.1 Å². The second kappa shape index (κ2) is 5.92.